The quantitative estimate of drug-likeness (QED) is 0.454. The zero-order valence-electron chi connectivity index (χ0n) is 5.33. The van der Waals surface area contributed by atoms with Crippen molar-refractivity contribution in [2.45, 2.75) is 0 Å². The van der Waals surface area contributed by atoms with Gasteiger partial charge in [-0.1, -0.05) is 36.4 Å². The van der Waals surface area contributed by atoms with Gasteiger partial charge in [-0.15, -0.1) is 0 Å². The molecule has 54 valence electrons. The van der Waals surface area contributed by atoms with E-state index in [2.05, 4.69) is 17.3 Å². The third-order valence-electron chi connectivity index (χ3n) is 0.667. The molecule has 0 fully saturated rings. The molecule has 0 spiro atoms. The van der Waals surface area contributed by atoms with Crippen LogP contribution in [-0.4, -0.2) is 5.37 Å². The molecule has 0 atom stereocenters. The number of amides is 1. The van der Waals surface area contributed by atoms with Crippen molar-refractivity contribution in [2.75, 3.05) is 0 Å². The van der Waals surface area contributed by atoms with Gasteiger partial charge in [-0.3, -0.25) is 4.79 Å². The second-order valence-corrected chi connectivity index (χ2v) is 1.83. The summed E-state index contributed by atoms with van der Waals surface area (Å²) in [5.74, 6) is 0. The summed E-state index contributed by atoms with van der Waals surface area (Å²) in [5.41, 5.74) is 4.24. The largest absolute Gasteiger partial charge is 0.356 e. The maximum atomic E-state index is 8.99. The minimum absolute atomic E-state index is 0.861. The van der Waals surface area contributed by atoms with Gasteiger partial charge in [0.1, 0.15) is 0 Å². The van der Waals surface area contributed by atoms with E-state index in [1.165, 1.54) is 0 Å². The van der Waals surface area contributed by atoms with Crippen LogP contribution >= 0.6 is 11.6 Å². The van der Waals surface area contributed by atoms with Crippen molar-refractivity contribution in [1.82, 2.24) is 0 Å². The van der Waals surface area contributed by atoms with Crippen molar-refractivity contribution in [2.24, 2.45) is 5.73 Å². The molecule has 0 aliphatic heterocycles. The first-order valence-corrected chi connectivity index (χ1v) is 3.06. The van der Waals surface area contributed by atoms with Crippen LogP contribution in [-0.2, 0) is 0 Å². The lowest BCUT2D eigenvalue weighted by atomic mass is 10.4. The van der Waals surface area contributed by atoms with Crippen LogP contribution in [0, 0.1) is 0 Å². The number of hydrogen-bond acceptors (Lipinski definition) is 1. The maximum Gasteiger partial charge on any atom is 0.311 e. The van der Waals surface area contributed by atoms with Crippen molar-refractivity contribution in [3.8, 4) is 0 Å². The van der Waals surface area contributed by atoms with E-state index in [1.807, 2.05) is 36.4 Å². The average Bonchev–Trinajstić information content (AvgIpc) is 1.90. The van der Waals surface area contributed by atoms with Crippen LogP contribution in [0.4, 0.5) is 4.79 Å². The Hall–Kier alpha value is -1.02. The molecular formula is C7H8ClNO. The average molecular weight is 158 g/mol. The summed E-state index contributed by atoms with van der Waals surface area (Å²) >= 11 is 4.41. The summed E-state index contributed by atoms with van der Waals surface area (Å²) in [6.07, 6.45) is 0. The number of primary amides is 1. The van der Waals surface area contributed by atoms with Crippen molar-refractivity contribution < 1.29 is 4.79 Å². The smallest absolute Gasteiger partial charge is 0.311 e. The predicted molar refractivity (Wildman–Crippen MR) is 41.9 cm³/mol. The zero-order chi connectivity index (χ0) is 7.82. The molecule has 10 heavy (non-hydrogen) atoms. The number of carbonyl (C=O) groups excluding carboxylic acids is 1. The van der Waals surface area contributed by atoms with E-state index in [0.717, 1.165) is 0 Å². The minimum atomic E-state index is -0.861. The summed E-state index contributed by atoms with van der Waals surface area (Å²) < 4.78 is 0. The molecule has 0 saturated heterocycles. The molecular weight excluding hydrogens is 150 g/mol. The van der Waals surface area contributed by atoms with Gasteiger partial charge in [-0.25, -0.2) is 0 Å². The fourth-order valence-electron chi connectivity index (χ4n) is 0.385. The zero-order valence-corrected chi connectivity index (χ0v) is 6.08. The molecule has 3 heteroatoms. The highest BCUT2D eigenvalue weighted by Gasteiger charge is 1.66. The van der Waals surface area contributed by atoms with E-state index in [0.29, 0.717) is 0 Å². The second kappa shape index (κ2) is 6.11. The van der Waals surface area contributed by atoms with Gasteiger partial charge in [-0.05, 0) is 11.6 Å². The monoisotopic (exact) mass is 157 g/mol. The third kappa shape index (κ3) is 10.1. The molecule has 0 aliphatic carbocycles. The Balaban J connectivity index is 0.000000180. The number of halogens is 1. The van der Waals surface area contributed by atoms with Crippen molar-refractivity contribution >= 4 is 17.0 Å². The summed E-state index contributed by atoms with van der Waals surface area (Å²) in [6.45, 7) is 0. The van der Waals surface area contributed by atoms with E-state index in [-0.39, 0.29) is 0 Å². The molecule has 2 N–H and O–H groups in total. The highest BCUT2D eigenvalue weighted by Crippen LogP contribution is 1.79. The highest BCUT2D eigenvalue weighted by molar-refractivity contribution is 6.62. The topological polar surface area (TPSA) is 43.1 Å². The molecule has 0 radical (unpaired) electrons. The minimum Gasteiger partial charge on any atom is -0.356 e. The van der Waals surface area contributed by atoms with E-state index in [1.54, 1.807) is 0 Å². The van der Waals surface area contributed by atoms with Gasteiger partial charge in [0.15, 0.2) is 0 Å². The molecule has 0 aliphatic rings. The van der Waals surface area contributed by atoms with Crippen molar-refractivity contribution in [1.29, 1.82) is 0 Å². The molecule has 2 nitrogen and oxygen atoms in total. The summed E-state index contributed by atoms with van der Waals surface area (Å²) in [7, 11) is 0. The third-order valence-corrected chi connectivity index (χ3v) is 0.667. The lowest BCUT2D eigenvalue weighted by Crippen LogP contribution is -1.94. The van der Waals surface area contributed by atoms with Crippen molar-refractivity contribution in [3.63, 3.8) is 0 Å². The lowest BCUT2D eigenvalue weighted by molar-refractivity contribution is 0.266. The summed E-state index contributed by atoms with van der Waals surface area (Å²) in [5, 5.41) is -0.861. The standard InChI is InChI=1S/C6H6.CH2ClNO/c1-2-4-6-5-3-1;2-1(3)4/h1-6H;(H2,3,4). The Kier molecular flexibility index (Phi) is 5.48. The Morgan fingerprint density at radius 1 is 1.00 bits per heavy atom. The van der Waals surface area contributed by atoms with Crippen LogP contribution in [0.1, 0.15) is 0 Å². The van der Waals surface area contributed by atoms with Gasteiger partial charge in [0.2, 0.25) is 0 Å². The van der Waals surface area contributed by atoms with E-state index < -0.39 is 5.37 Å². The molecule has 0 heterocycles. The van der Waals surface area contributed by atoms with Crippen LogP contribution < -0.4 is 5.73 Å². The van der Waals surface area contributed by atoms with Crippen LogP contribution in [0.15, 0.2) is 36.4 Å². The van der Waals surface area contributed by atoms with E-state index in [9.17, 15) is 0 Å². The first-order chi connectivity index (χ1) is 4.73. The van der Waals surface area contributed by atoms with E-state index in [4.69, 9.17) is 4.79 Å². The molecule has 1 amide bonds. The second-order valence-electron chi connectivity index (χ2n) is 1.46. The molecule has 1 aromatic carbocycles. The van der Waals surface area contributed by atoms with Crippen LogP contribution in [0.25, 0.3) is 0 Å². The Labute approximate surface area is 64.6 Å². The molecule has 1 aromatic rings. The van der Waals surface area contributed by atoms with Gasteiger partial charge in [0.05, 0.1) is 0 Å². The molecule has 0 saturated carbocycles. The van der Waals surface area contributed by atoms with Gasteiger partial charge >= 0.3 is 5.37 Å². The van der Waals surface area contributed by atoms with Crippen LogP contribution in [0.2, 0.25) is 0 Å². The SMILES string of the molecule is NC(=O)Cl.c1ccccc1. The first-order valence-electron chi connectivity index (χ1n) is 2.68. The molecule has 0 aromatic heterocycles. The van der Waals surface area contributed by atoms with E-state index >= 15 is 0 Å². The number of benzene rings is 1. The molecule has 1 rings (SSSR count). The van der Waals surface area contributed by atoms with Crippen LogP contribution in [0.5, 0.6) is 0 Å². The fourth-order valence-corrected chi connectivity index (χ4v) is 0.385. The Morgan fingerprint density at radius 3 is 1.20 bits per heavy atom. The van der Waals surface area contributed by atoms with Gasteiger partial charge in [-0.2, -0.15) is 0 Å². The molecule has 0 unspecified atom stereocenters. The number of nitrogens with two attached hydrogens (primary N) is 1. The normalized spacial score (nSPS) is 7.30. The van der Waals surface area contributed by atoms with Crippen molar-refractivity contribution in [3.05, 3.63) is 36.4 Å². The van der Waals surface area contributed by atoms with Gasteiger partial charge in [0, 0.05) is 0 Å². The summed E-state index contributed by atoms with van der Waals surface area (Å²) in [6, 6.07) is 12.0. The number of hydrogen-bond donors (Lipinski definition) is 1. The number of carbonyl (C=O) groups is 1. The highest BCUT2D eigenvalue weighted by atomic mass is 35.5. The molecule has 0 bridgehead atoms. The fraction of sp³-hybridized carbons (Fsp3) is 0. The first kappa shape index (κ1) is 8.98. The maximum absolute atomic E-state index is 8.99. The van der Waals surface area contributed by atoms with Crippen LogP contribution in [0.3, 0.4) is 0 Å². The lowest BCUT2D eigenvalue weighted by Gasteiger charge is -1.69. The summed E-state index contributed by atoms with van der Waals surface area (Å²) in [4.78, 5) is 8.99. The Bertz CT molecular complexity index is 146. The van der Waals surface area contributed by atoms with Gasteiger partial charge < -0.3 is 5.73 Å². The number of rotatable bonds is 0. The predicted octanol–water partition coefficient (Wildman–Crippen LogP) is 1.99. The van der Waals surface area contributed by atoms with Gasteiger partial charge in [0.25, 0.3) is 0 Å². The Morgan fingerprint density at radius 2 is 1.10 bits per heavy atom.